The van der Waals surface area contributed by atoms with Crippen LogP contribution < -0.4 is 0 Å². The number of rotatable bonds is 3. The quantitative estimate of drug-likeness (QED) is 0.655. The van der Waals surface area contributed by atoms with Crippen LogP contribution >= 0.6 is 0 Å². The summed E-state index contributed by atoms with van der Waals surface area (Å²) in [7, 11) is 0. The van der Waals surface area contributed by atoms with Crippen LogP contribution in [0.5, 0.6) is 0 Å². The summed E-state index contributed by atoms with van der Waals surface area (Å²) in [6.07, 6.45) is 5.54. The number of aromatic nitrogens is 2. The summed E-state index contributed by atoms with van der Waals surface area (Å²) in [5.74, 6) is 0.907. The Morgan fingerprint density at radius 2 is 2.45 bits per heavy atom. The number of hydrogen-bond acceptors (Lipinski definition) is 2. The van der Waals surface area contributed by atoms with E-state index < -0.39 is 0 Å². The summed E-state index contributed by atoms with van der Waals surface area (Å²) >= 11 is 0. The minimum atomic E-state index is 0.906. The lowest BCUT2D eigenvalue weighted by atomic mass is 10.3. The Kier molecular flexibility index (Phi) is 2.78. The highest BCUT2D eigenvalue weighted by molar-refractivity contribution is 5.40. The van der Waals surface area contributed by atoms with Crippen molar-refractivity contribution in [2.45, 2.75) is 19.8 Å². The first-order chi connectivity index (χ1) is 5.36. The SMILES string of the molecule is C=Cc1ccnc(CCC)n1. The predicted octanol–water partition coefficient (Wildman–Crippen LogP) is 2.07. The lowest BCUT2D eigenvalue weighted by Crippen LogP contribution is -1.94. The van der Waals surface area contributed by atoms with Crippen molar-refractivity contribution in [1.29, 1.82) is 0 Å². The van der Waals surface area contributed by atoms with E-state index in [1.54, 1.807) is 12.3 Å². The molecule has 0 radical (unpaired) electrons. The zero-order valence-electron chi connectivity index (χ0n) is 6.75. The Morgan fingerprint density at radius 1 is 1.64 bits per heavy atom. The van der Waals surface area contributed by atoms with E-state index in [1.165, 1.54) is 0 Å². The molecular weight excluding hydrogens is 136 g/mol. The van der Waals surface area contributed by atoms with Crippen molar-refractivity contribution >= 4 is 6.08 Å². The summed E-state index contributed by atoms with van der Waals surface area (Å²) in [6, 6.07) is 1.85. The molecule has 1 aromatic heterocycles. The molecule has 0 fully saturated rings. The van der Waals surface area contributed by atoms with Crippen LogP contribution in [0.15, 0.2) is 18.8 Å². The summed E-state index contributed by atoms with van der Waals surface area (Å²) in [4.78, 5) is 8.37. The maximum atomic E-state index is 4.25. The molecule has 0 spiro atoms. The van der Waals surface area contributed by atoms with Gasteiger partial charge in [0.15, 0.2) is 0 Å². The maximum absolute atomic E-state index is 4.25. The van der Waals surface area contributed by atoms with Gasteiger partial charge in [-0.2, -0.15) is 0 Å². The van der Waals surface area contributed by atoms with Gasteiger partial charge in [0.1, 0.15) is 5.82 Å². The lowest BCUT2D eigenvalue weighted by molar-refractivity contribution is 0.832. The van der Waals surface area contributed by atoms with Gasteiger partial charge in [0.25, 0.3) is 0 Å². The van der Waals surface area contributed by atoms with E-state index in [4.69, 9.17) is 0 Å². The van der Waals surface area contributed by atoms with Crippen molar-refractivity contribution in [3.8, 4) is 0 Å². The van der Waals surface area contributed by atoms with E-state index in [9.17, 15) is 0 Å². The Bertz CT molecular complexity index is 243. The molecule has 0 aromatic carbocycles. The van der Waals surface area contributed by atoms with Gasteiger partial charge < -0.3 is 0 Å². The van der Waals surface area contributed by atoms with Crippen LogP contribution in [0.25, 0.3) is 6.08 Å². The molecule has 2 nitrogen and oxygen atoms in total. The van der Waals surface area contributed by atoms with Crippen LogP contribution in [0.2, 0.25) is 0 Å². The van der Waals surface area contributed by atoms with Crippen molar-refractivity contribution in [2.24, 2.45) is 0 Å². The van der Waals surface area contributed by atoms with Gasteiger partial charge in [-0.15, -0.1) is 0 Å². The van der Waals surface area contributed by atoms with Crippen LogP contribution in [-0.2, 0) is 6.42 Å². The lowest BCUT2D eigenvalue weighted by Gasteiger charge is -1.96. The highest BCUT2D eigenvalue weighted by Crippen LogP contribution is 1.98. The molecule has 2 heteroatoms. The number of nitrogens with zero attached hydrogens (tertiary/aromatic N) is 2. The minimum absolute atomic E-state index is 0.906. The monoisotopic (exact) mass is 148 g/mol. The Morgan fingerprint density at radius 3 is 3.09 bits per heavy atom. The number of hydrogen-bond donors (Lipinski definition) is 0. The molecule has 1 heterocycles. The topological polar surface area (TPSA) is 25.8 Å². The molecule has 1 aromatic rings. The first kappa shape index (κ1) is 7.92. The van der Waals surface area contributed by atoms with Gasteiger partial charge in [-0.05, 0) is 18.6 Å². The van der Waals surface area contributed by atoms with Crippen LogP contribution in [0.3, 0.4) is 0 Å². The van der Waals surface area contributed by atoms with Gasteiger partial charge in [-0.1, -0.05) is 13.5 Å². The average molecular weight is 148 g/mol. The standard InChI is InChI=1S/C9H12N2/c1-3-5-9-10-7-6-8(4-2)11-9/h4,6-7H,2-3,5H2,1H3. The third-order valence-corrected chi connectivity index (χ3v) is 1.41. The van der Waals surface area contributed by atoms with Crippen molar-refractivity contribution < 1.29 is 0 Å². The average Bonchev–Trinajstić information content (AvgIpc) is 2.06. The van der Waals surface area contributed by atoms with Gasteiger partial charge in [-0.25, -0.2) is 9.97 Å². The summed E-state index contributed by atoms with van der Waals surface area (Å²) in [5.41, 5.74) is 0.906. The predicted molar refractivity (Wildman–Crippen MR) is 46.1 cm³/mol. The third-order valence-electron chi connectivity index (χ3n) is 1.41. The van der Waals surface area contributed by atoms with E-state index >= 15 is 0 Å². The van der Waals surface area contributed by atoms with Crippen LogP contribution in [-0.4, -0.2) is 9.97 Å². The van der Waals surface area contributed by atoms with E-state index in [-0.39, 0.29) is 0 Å². The molecular formula is C9H12N2. The highest BCUT2D eigenvalue weighted by atomic mass is 14.9. The highest BCUT2D eigenvalue weighted by Gasteiger charge is 1.93. The molecule has 0 aliphatic carbocycles. The van der Waals surface area contributed by atoms with Gasteiger partial charge >= 0.3 is 0 Å². The molecule has 1 rings (SSSR count). The molecule has 0 aliphatic rings. The largest absolute Gasteiger partial charge is 0.241 e. The smallest absolute Gasteiger partial charge is 0.128 e. The third kappa shape index (κ3) is 2.15. The van der Waals surface area contributed by atoms with E-state index in [2.05, 4.69) is 23.5 Å². The van der Waals surface area contributed by atoms with E-state index in [0.717, 1.165) is 24.4 Å². The molecule has 0 saturated heterocycles. The van der Waals surface area contributed by atoms with Gasteiger partial charge in [0, 0.05) is 12.6 Å². The van der Waals surface area contributed by atoms with Crippen LogP contribution in [0, 0.1) is 0 Å². The number of aryl methyl sites for hydroxylation is 1. The Labute approximate surface area is 67.0 Å². The fourth-order valence-electron chi connectivity index (χ4n) is 0.873. The molecule has 0 atom stereocenters. The second-order valence-electron chi connectivity index (χ2n) is 2.35. The molecule has 0 N–H and O–H groups in total. The molecule has 0 bridgehead atoms. The van der Waals surface area contributed by atoms with Gasteiger partial charge in [0.05, 0.1) is 5.69 Å². The molecule has 0 aliphatic heterocycles. The second kappa shape index (κ2) is 3.86. The summed E-state index contributed by atoms with van der Waals surface area (Å²) < 4.78 is 0. The van der Waals surface area contributed by atoms with Crippen molar-refractivity contribution in [3.05, 3.63) is 30.4 Å². The molecule has 11 heavy (non-hydrogen) atoms. The second-order valence-corrected chi connectivity index (χ2v) is 2.35. The van der Waals surface area contributed by atoms with Crippen molar-refractivity contribution in [2.75, 3.05) is 0 Å². The van der Waals surface area contributed by atoms with E-state index in [1.807, 2.05) is 6.07 Å². The molecule has 58 valence electrons. The first-order valence-corrected chi connectivity index (χ1v) is 3.81. The van der Waals surface area contributed by atoms with E-state index in [0.29, 0.717) is 0 Å². The molecule has 0 amide bonds. The van der Waals surface area contributed by atoms with Crippen molar-refractivity contribution in [1.82, 2.24) is 9.97 Å². The van der Waals surface area contributed by atoms with Gasteiger partial charge in [0.2, 0.25) is 0 Å². The molecule has 0 unspecified atom stereocenters. The fourth-order valence-corrected chi connectivity index (χ4v) is 0.873. The fraction of sp³-hybridized carbons (Fsp3) is 0.333. The summed E-state index contributed by atoms with van der Waals surface area (Å²) in [5, 5.41) is 0. The maximum Gasteiger partial charge on any atom is 0.128 e. The molecule has 0 saturated carbocycles. The van der Waals surface area contributed by atoms with Crippen molar-refractivity contribution in [3.63, 3.8) is 0 Å². The first-order valence-electron chi connectivity index (χ1n) is 3.81. The normalized spacial score (nSPS) is 9.55. The van der Waals surface area contributed by atoms with Crippen LogP contribution in [0.4, 0.5) is 0 Å². The van der Waals surface area contributed by atoms with Gasteiger partial charge in [-0.3, -0.25) is 0 Å². The Balaban J connectivity index is 2.82. The zero-order chi connectivity index (χ0) is 8.10. The zero-order valence-corrected chi connectivity index (χ0v) is 6.75. The minimum Gasteiger partial charge on any atom is -0.241 e. The Hall–Kier alpha value is -1.18. The van der Waals surface area contributed by atoms with Crippen LogP contribution in [0.1, 0.15) is 24.9 Å². The summed E-state index contributed by atoms with van der Waals surface area (Å²) in [6.45, 7) is 5.76.